The minimum Gasteiger partial charge on any atom is -0.443 e. The van der Waals surface area contributed by atoms with Crippen LogP contribution in [0.5, 0.6) is 0 Å². The third-order valence-corrected chi connectivity index (χ3v) is 2.55. The van der Waals surface area contributed by atoms with Crippen molar-refractivity contribution in [1.29, 1.82) is 0 Å². The molecule has 0 aliphatic heterocycles. The van der Waals surface area contributed by atoms with E-state index in [1.807, 2.05) is 39.8 Å². The fourth-order valence-electron chi connectivity index (χ4n) is 1.68. The summed E-state index contributed by atoms with van der Waals surface area (Å²) in [6.07, 6.45) is 0.935. The van der Waals surface area contributed by atoms with Crippen molar-refractivity contribution in [3.63, 3.8) is 0 Å². The van der Waals surface area contributed by atoms with E-state index in [4.69, 9.17) is 9.84 Å². The number of hydrogen-bond donors (Lipinski definition) is 1. The van der Waals surface area contributed by atoms with Gasteiger partial charge in [0, 0.05) is 18.8 Å². The zero-order chi connectivity index (χ0) is 15.2. The van der Waals surface area contributed by atoms with Gasteiger partial charge < -0.3 is 9.84 Å². The molecule has 0 fully saturated rings. The first kappa shape index (κ1) is 16.4. The average molecular weight is 280 g/mol. The molecule has 0 aliphatic carbocycles. The lowest BCUT2D eigenvalue weighted by Gasteiger charge is -2.27. The first-order chi connectivity index (χ1) is 9.33. The average Bonchev–Trinajstić information content (AvgIpc) is 2.32. The van der Waals surface area contributed by atoms with E-state index in [1.165, 1.54) is 4.90 Å². The molecule has 0 radical (unpaired) electrons. The highest BCUT2D eigenvalue weighted by Gasteiger charge is 2.23. The van der Waals surface area contributed by atoms with Crippen molar-refractivity contribution in [2.75, 3.05) is 18.1 Å². The lowest BCUT2D eigenvalue weighted by molar-refractivity contribution is 0.0578. The molecule has 0 spiro atoms. The Morgan fingerprint density at radius 3 is 2.60 bits per heavy atom. The molecule has 1 heterocycles. The van der Waals surface area contributed by atoms with E-state index < -0.39 is 11.7 Å². The first-order valence-electron chi connectivity index (χ1n) is 6.88. The van der Waals surface area contributed by atoms with Gasteiger partial charge in [0.05, 0.1) is 0 Å². The SMILES string of the molecule is Cc1cccc(N(CCCCO)C(=O)OC(C)(C)C)n1. The van der Waals surface area contributed by atoms with Gasteiger partial charge in [-0.15, -0.1) is 0 Å². The lowest BCUT2D eigenvalue weighted by Crippen LogP contribution is -2.38. The molecule has 1 N–H and O–H groups in total. The van der Waals surface area contributed by atoms with Gasteiger partial charge in [0.1, 0.15) is 11.4 Å². The fraction of sp³-hybridized carbons (Fsp3) is 0.600. The molecule has 0 saturated heterocycles. The number of aryl methyl sites for hydroxylation is 1. The molecule has 5 nitrogen and oxygen atoms in total. The number of aliphatic hydroxyl groups is 1. The predicted octanol–water partition coefficient (Wildman–Crippen LogP) is 2.90. The Bertz CT molecular complexity index is 441. The second-order valence-corrected chi connectivity index (χ2v) is 5.70. The quantitative estimate of drug-likeness (QED) is 0.842. The third-order valence-electron chi connectivity index (χ3n) is 2.55. The maximum absolute atomic E-state index is 12.3. The van der Waals surface area contributed by atoms with Gasteiger partial charge in [0.15, 0.2) is 0 Å². The molecule has 0 atom stereocenters. The van der Waals surface area contributed by atoms with Gasteiger partial charge in [-0.1, -0.05) is 6.07 Å². The molecule has 0 saturated carbocycles. The molecule has 5 heteroatoms. The monoisotopic (exact) mass is 280 g/mol. The van der Waals surface area contributed by atoms with Crippen LogP contribution in [0.3, 0.4) is 0 Å². The zero-order valence-electron chi connectivity index (χ0n) is 12.7. The Labute approximate surface area is 120 Å². The Kier molecular flexibility index (Phi) is 5.95. The summed E-state index contributed by atoms with van der Waals surface area (Å²) in [6.45, 7) is 7.97. The van der Waals surface area contributed by atoms with E-state index in [0.29, 0.717) is 25.2 Å². The summed E-state index contributed by atoms with van der Waals surface area (Å²) in [4.78, 5) is 18.2. The second kappa shape index (κ2) is 7.24. The molecule has 0 unspecified atom stereocenters. The summed E-state index contributed by atoms with van der Waals surface area (Å²) in [7, 11) is 0. The van der Waals surface area contributed by atoms with E-state index in [1.54, 1.807) is 6.07 Å². The summed E-state index contributed by atoms with van der Waals surface area (Å²) < 4.78 is 5.41. The van der Waals surface area contributed by atoms with Crippen molar-refractivity contribution in [1.82, 2.24) is 4.98 Å². The van der Waals surface area contributed by atoms with Crippen LogP contribution in [-0.4, -0.2) is 34.9 Å². The van der Waals surface area contributed by atoms with Gasteiger partial charge >= 0.3 is 6.09 Å². The molecule has 0 aliphatic rings. The van der Waals surface area contributed by atoms with E-state index >= 15 is 0 Å². The number of pyridine rings is 1. The lowest BCUT2D eigenvalue weighted by atomic mass is 10.2. The van der Waals surface area contributed by atoms with Crippen LogP contribution in [0.25, 0.3) is 0 Å². The molecule has 0 bridgehead atoms. The number of rotatable bonds is 5. The van der Waals surface area contributed by atoms with Gasteiger partial charge in [0.25, 0.3) is 0 Å². The van der Waals surface area contributed by atoms with Crippen LogP contribution in [-0.2, 0) is 4.74 Å². The number of carbonyl (C=O) groups is 1. The molecule has 1 rings (SSSR count). The highest BCUT2D eigenvalue weighted by molar-refractivity contribution is 5.86. The fourth-order valence-corrected chi connectivity index (χ4v) is 1.68. The summed E-state index contributed by atoms with van der Waals surface area (Å²) in [5.74, 6) is 0.581. The largest absolute Gasteiger partial charge is 0.443 e. The number of anilines is 1. The van der Waals surface area contributed by atoms with Gasteiger partial charge in [-0.25, -0.2) is 9.78 Å². The van der Waals surface area contributed by atoms with E-state index in [2.05, 4.69) is 4.98 Å². The molecule has 1 aromatic heterocycles. The van der Waals surface area contributed by atoms with Crippen LogP contribution >= 0.6 is 0 Å². The molecule has 20 heavy (non-hydrogen) atoms. The van der Waals surface area contributed by atoms with E-state index in [9.17, 15) is 4.79 Å². The van der Waals surface area contributed by atoms with Crippen molar-refractivity contribution in [2.45, 2.75) is 46.1 Å². The summed E-state index contributed by atoms with van der Waals surface area (Å²) in [5, 5.41) is 8.87. The molecule has 112 valence electrons. The summed E-state index contributed by atoms with van der Waals surface area (Å²) in [5.41, 5.74) is 0.300. The van der Waals surface area contributed by atoms with Crippen molar-refractivity contribution in [3.05, 3.63) is 23.9 Å². The minimum atomic E-state index is -0.545. The molecule has 1 aromatic rings. The maximum atomic E-state index is 12.3. The summed E-state index contributed by atoms with van der Waals surface area (Å²) >= 11 is 0. The highest BCUT2D eigenvalue weighted by atomic mass is 16.6. The number of nitrogens with zero attached hydrogens (tertiary/aromatic N) is 2. The number of aromatic nitrogens is 1. The van der Waals surface area contributed by atoms with Crippen molar-refractivity contribution < 1.29 is 14.6 Å². The Morgan fingerprint density at radius 1 is 1.35 bits per heavy atom. The summed E-state index contributed by atoms with van der Waals surface area (Å²) in [6, 6.07) is 5.53. The van der Waals surface area contributed by atoms with Crippen LogP contribution in [0.1, 0.15) is 39.3 Å². The van der Waals surface area contributed by atoms with Crippen LogP contribution in [0.4, 0.5) is 10.6 Å². The maximum Gasteiger partial charge on any atom is 0.416 e. The minimum absolute atomic E-state index is 0.114. The number of carbonyl (C=O) groups excluding carboxylic acids is 1. The first-order valence-corrected chi connectivity index (χ1v) is 6.88. The second-order valence-electron chi connectivity index (χ2n) is 5.70. The molecular weight excluding hydrogens is 256 g/mol. The van der Waals surface area contributed by atoms with E-state index in [-0.39, 0.29) is 6.61 Å². The number of unbranched alkanes of at least 4 members (excludes halogenated alkanes) is 1. The number of hydrogen-bond acceptors (Lipinski definition) is 4. The van der Waals surface area contributed by atoms with E-state index in [0.717, 1.165) is 5.69 Å². The molecule has 1 amide bonds. The van der Waals surface area contributed by atoms with Gasteiger partial charge in [-0.05, 0) is 52.7 Å². The Morgan fingerprint density at radius 2 is 2.05 bits per heavy atom. The standard InChI is InChI=1S/C15H24N2O3/c1-12-8-7-9-13(16-12)17(10-5-6-11-18)14(19)20-15(2,3)4/h7-9,18H,5-6,10-11H2,1-4H3. The molecular formula is C15H24N2O3. The van der Waals surface area contributed by atoms with Crippen molar-refractivity contribution in [3.8, 4) is 0 Å². The van der Waals surface area contributed by atoms with Gasteiger partial charge in [-0.2, -0.15) is 0 Å². The van der Waals surface area contributed by atoms with Crippen LogP contribution in [0, 0.1) is 6.92 Å². The third kappa shape index (κ3) is 5.57. The van der Waals surface area contributed by atoms with Gasteiger partial charge in [0.2, 0.25) is 0 Å². The number of aliphatic hydroxyl groups excluding tert-OH is 1. The topological polar surface area (TPSA) is 62.7 Å². The molecule has 0 aromatic carbocycles. The Hall–Kier alpha value is -1.62. The number of amides is 1. The normalized spacial score (nSPS) is 11.2. The van der Waals surface area contributed by atoms with Crippen LogP contribution in [0.15, 0.2) is 18.2 Å². The van der Waals surface area contributed by atoms with Crippen LogP contribution in [0.2, 0.25) is 0 Å². The predicted molar refractivity (Wildman–Crippen MR) is 78.9 cm³/mol. The van der Waals surface area contributed by atoms with Crippen molar-refractivity contribution in [2.24, 2.45) is 0 Å². The Balaban J connectivity index is 2.87. The zero-order valence-corrected chi connectivity index (χ0v) is 12.7. The van der Waals surface area contributed by atoms with Gasteiger partial charge in [-0.3, -0.25) is 4.90 Å². The smallest absolute Gasteiger partial charge is 0.416 e. The number of ether oxygens (including phenoxy) is 1. The highest BCUT2D eigenvalue weighted by Crippen LogP contribution is 2.17. The van der Waals surface area contributed by atoms with Crippen LogP contribution < -0.4 is 4.90 Å². The van der Waals surface area contributed by atoms with Crippen molar-refractivity contribution >= 4 is 11.9 Å².